The van der Waals surface area contributed by atoms with Crippen LogP contribution in [0.15, 0.2) is 0 Å². The summed E-state index contributed by atoms with van der Waals surface area (Å²) < 4.78 is 0. The summed E-state index contributed by atoms with van der Waals surface area (Å²) in [6, 6.07) is 0. The molecule has 4 fully saturated rings. The maximum absolute atomic E-state index is 12.4. The van der Waals surface area contributed by atoms with Crippen molar-refractivity contribution in [2.24, 2.45) is 0 Å². The smallest absolute Gasteiger partial charge is 0.0508 e. The number of nitrogens with zero attached hydrogens (tertiary/aromatic N) is 2. The Kier molecular flexibility index (Phi) is 1.70. The van der Waals surface area contributed by atoms with Gasteiger partial charge in [-0.3, -0.25) is 0 Å². The van der Waals surface area contributed by atoms with Crippen molar-refractivity contribution >= 4 is 0 Å². The van der Waals surface area contributed by atoms with Crippen LogP contribution in [0.5, 0.6) is 0 Å². The molecule has 0 saturated carbocycles. The van der Waals surface area contributed by atoms with Crippen LogP contribution in [0.1, 0.15) is 53.4 Å². The third kappa shape index (κ3) is 0.997. The highest BCUT2D eigenvalue weighted by Gasteiger charge is 2.71. The molecule has 16 heavy (non-hydrogen) atoms. The quantitative estimate of drug-likeness (QED) is 0.631. The largest absolute Gasteiger partial charge is 0.143 e. The Hall–Kier alpha value is -0.160. The van der Waals surface area contributed by atoms with E-state index in [1.165, 1.54) is 10.1 Å². The summed E-state index contributed by atoms with van der Waals surface area (Å²) in [5.74, 6) is 0. The summed E-state index contributed by atoms with van der Waals surface area (Å²) in [5.41, 5.74) is -1.35. The molecule has 0 aromatic carbocycles. The molecule has 4 nitrogen and oxygen atoms in total. The second-order valence-electron chi connectivity index (χ2n) is 7.28. The van der Waals surface area contributed by atoms with Crippen molar-refractivity contribution in [3.8, 4) is 0 Å². The zero-order valence-corrected chi connectivity index (χ0v) is 10.5. The van der Waals surface area contributed by atoms with E-state index in [4.69, 9.17) is 0 Å². The van der Waals surface area contributed by atoms with E-state index >= 15 is 0 Å². The molecule has 0 aromatic heterocycles. The van der Waals surface area contributed by atoms with Crippen molar-refractivity contribution in [1.29, 1.82) is 0 Å². The van der Waals surface area contributed by atoms with Gasteiger partial charge in [-0.1, -0.05) is 0 Å². The van der Waals surface area contributed by atoms with Gasteiger partial charge in [0.1, 0.15) is 0 Å². The van der Waals surface area contributed by atoms with Crippen LogP contribution in [0.25, 0.3) is 0 Å². The minimum atomic E-state index is -0.338. The summed E-state index contributed by atoms with van der Waals surface area (Å²) in [5, 5.41) is 27.4. The molecule has 0 unspecified atom stereocenters. The third-order valence-electron chi connectivity index (χ3n) is 5.01. The van der Waals surface area contributed by atoms with Crippen LogP contribution in [0.4, 0.5) is 0 Å². The van der Waals surface area contributed by atoms with Crippen LogP contribution in [-0.4, -0.2) is 32.3 Å². The summed E-state index contributed by atoms with van der Waals surface area (Å²) >= 11 is 0. The number of hydrogen-bond acceptors (Lipinski definition) is 2. The van der Waals surface area contributed by atoms with E-state index in [1.54, 1.807) is 0 Å². The Morgan fingerprint density at radius 2 is 0.812 bits per heavy atom. The van der Waals surface area contributed by atoms with E-state index < -0.39 is 0 Å². The van der Waals surface area contributed by atoms with Gasteiger partial charge in [0, 0.05) is 0 Å². The first kappa shape index (κ1) is 11.0. The molecule has 4 rings (SSSR count). The number of hydrogen-bond donors (Lipinski definition) is 0. The van der Waals surface area contributed by atoms with E-state index in [0.717, 1.165) is 0 Å². The van der Waals surface area contributed by atoms with Gasteiger partial charge >= 0.3 is 0 Å². The number of rotatable bonds is 0. The summed E-state index contributed by atoms with van der Waals surface area (Å²) in [6.45, 7) is 8.11. The van der Waals surface area contributed by atoms with Crippen LogP contribution in [-0.2, 0) is 10.4 Å². The maximum atomic E-state index is 12.4. The van der Waals surface area contributed by atoms with Crippen molar-refractivity contribution in [2.45, 2.75) is 75.5 Å². The Morgan fingerprint density at radius 3 is 1.00 bits per heavy atom. The Labute approximate surface area is 96.8 Å². The molecule has 0 amide bonds. The lowest BCUT2D eigenvalue weighted by Crippen LogP contribution is -2.82. The molecule has 0 N–H and O–H groups in total. The fourth-order valence-corrected chi connectivity index (χ4v) is 5.41. The normalized spacial score (nSPS) is 61.9. The van der Waals surface area contributed by atoms with Crippen LogP contribution < -0.4 is 0 Å². The lowest BCUT2D eigenvalue weighted by Gasteiger charge is -2.71. The molecule has 90 valence electrons. The Balaban J connectivity index is 2.15. The zero-order valence-electron chi connectivity index (χ0n) is 10.5. The average molecular weight is 224 g/mol. The lowest BCUT2D eigenvalue weighted by atomic mass is 9.53. The molecule has 2 radical (unpaired) electrons. The highest BCUT2D eigenvalue weighted by Crippen LogP contribution is 2.62. The van der Waals surface area contributed by atoms with Crippen LogP contribution in [0, 0.1) is 0 Å². The minimum absolute atomic E-state index is 0.338. The van der Waals surface area contributed by atoms with Crippen molar-refractivity contribution in [2.75, 3.05) is 0 Å². The standard InChI is InChI=1S/C12H20N2O2/c1-9-5-10(2)7-12(4,13(9)15)8-11(3,6-9)14(10)16/h5-8H2,1-4H3. The van der Waals surface area contributed by atoms with Gasteiger partial charge in [-0.15, -0.1) is 20.5 Å². The van der Waals surface area contributed by atoms with Gasteiger partial charge in [0.15, 0.2) is 0 Å². The summed E-state index contributed by atoms with van der Waals surface area (Å²) in [6.07, 6.45) is 2.83. The molecule has 0 aromatic rings. The van der Waals surface area contributed by atoms with Gasteiger partial charge in [0.05, 0.1) is 22.2 Å². The molecule has 4 heterocycles. The van der Waals surface area contributed by atoms with Crippen LogP contribution in [0.2, 0.25) is 0 Å². The van der Waals surface area contributed by atoms with E-state index in [-0.39, 0.29) is 22.2 Å². The Morgan fingerprint density at radius 1 is 0.625 bits per heavy atom. The van der Waals surface area contributed by atoms with Gasteiger partial charge in [-0.05, 0) is 53.4 Å². The molecule has 0 spiro atoms. The van der Waals surface area contributed by atoms with Crippen molar-refractivity contribution < 1.29 is 10.4 Å². The fourth-order valence-electron chi connectivity index (χ4n) is 5.41. The van der Waals surface area contributed by atoms with Crippen molar-refractivity contribution in [3.63, 3.8) is 0 Å². The minimum Gasteiger partial charge on any atom is -0.143 e. The average Bonchev–Trinajstić information content (AvgIpc) is 2.08. The summed E-state index contributed by atoms with van der Waals surface area (Å²) in [4.78, 5) is 0. The first-order valence-electron chi connectivity index (χ1n) is 6.09. The summed E-state index contributed by atoms with van der Waals surface area (Å²) in [7, 11) is 0. The van der Waals surface area contributed by atoms with Crippen LogP contribution >= 0.6 is 0 Å². The number of piperidine rings is 4. The Bertz CT molecular complexity index is 281. The SMILES string of the molecule is CC12CC3(C)CC(C)(CC(C)(C1)N3[O])N2[O]. The van der Waals surface area contributed by atoms with Gasteiger partial charge in [0.2, 0.25) is 0 Å². The molecular formula is C12H20N2O2. The lowest BCUT2D eigenvalue weighted by molar-refractivity contribution is -0.429. The monoisotopic (exact) mass is 224 g/mol. The topological polar surface area (TPSA) is 46.3 Å². The second-order valence-corrected chi connectivity index (χ2v) is 7.28. The van der Waals surface area contributed by atoms with E-state index in [1.807, 2.05) is 27.7 Å². The van der Waals surface area contributed by atoms with Crippen molar-refractivity contribution in [3.05, 3.63) is 0 Å². The first-order valence-corrected chi connectivity index (χ1v) is 6.09. The molecular weight excluding hydrogens is 204 g/mol. The molecule has 4 aliphatic heterocycles. The van der Waals surface area contributed by atoms with E-state index in [2.05, 4.69) is 0 Å². The first-order chi connectivity index (χ1) is 7.14. The predicted molar refractivity (Wildman–Crippen MR) is 57.1 cm³/mol. The zero-order chi connectivity index (χ0) is 12.0. The van der Waals surface area contributed by atoms with E-state index in [0.29, 0.717) is 25.7 Å². The van der Waals surface area contributed by atoms with Gasteiger partial charge in [0.25, 0.3) is 0 Å². The fraction of sp³-hybridized carbons (Fsp3) is 1.00. The second kappa shape index (κ2) is 2.48. The highest BCUT2D eigenvalue weighted by atomic mass is 16.5. The maximum Gasteiger partial charge on any atom is 0.0508 e. The predicted octanol–water partition coefficient (Wildman–Crippen LogP) is 1.92. The van der Waals surface area contributed by atoms with Crippen molar-refractivity contribution in [1.82, 2.24) is 10.1 Å². The molecule has 0 atom stereocenters. The van der Waals surface area contributed by atoms with Gasteiger partial charge in [-0.2, -0.15) is 0 Å². The van der Waals surface area contributed by atoms with E-state index in [9.17, 15) is 10.4 Å². The van der Waals surface area contributed by atoms with Crippen LogP contribution in [0.3, 0.4) is 0 Å². The van der Waals surface area contributed by atoms with Gasteiger partial charge < -0.3 is 0 Å². The third-order valence-corrected chi connectivity index (χ3v) is 5.01. The molecule has 4 heteroatoms. The highest BCUT2D eigenvalue weighted by molar-refractivity contribution is 5.22. The molecule has 4 bridgehead atoms. The molecule has 4 aliphatic rings. The molecule has 4 saturated heterocycles. The number of hydroxylamine groups is 4. The van der Waals surface area contributed by atoms with Gasteiger partial charge in [-0.25, -0.2) is 0 Å². The molecule has 0 aliphatic carbocycles.